The van der Waals surface area contributed by atoms with E-state index < -0.39 is 11.9 Å². The van der Waals surface area contributed by atoms with Crippen molar-refractivity contribution in [2.24, 2.45) is 17.1 Å². The zero-order chi connectivity index (χ0) is 13.9. The predicted molar refractivity (Wildman–Crippen MR) is 70.8 cm³/mol. The summed E-state index contributed by atoms with van der Waals surface area (Å²) in [7, 11) is 0. The monoisotopic (exact) mass is 255 g/mol. The molecule has 1 aliphatic rings. The van der Waals surface area contributed by atoms with Crippen LogP contribution >= 0.6 is 0 Å². The number of primary amides is 1. The van der Waals surface area contributed by atoms with Crippen LogP contribution in [0.5, 0.6) is 0 Å². The molecule has 5 nitrogen and oxygen atoms in total. The van der Waals surface area contributed by atoms with Gasteiger partial charge in [0.15, 0.2) is 0 Å². The lowest BCUT2D eigenvalue weighted by atomic mass is 9.80. The number of amides is 2. The summed E-state index contributed by atoms with van der Waals surface area (Å²) >= 11 is 0. The van der Waals surface area contributed by atoms with Crippen LogP contribution in [0.2, 0.25) is 0 Å². The van der Waals surface area contributed by atoms with E-state index in [4.69, 9.17) is 5.73 Å². The Labute approximate surface area is 109 Å². The highest BCUT2D eigenvalue weighted by Crippen LogP contribution is 2.28. The molecule has 0 saturated carbocycles. The molecule has 0 aromatic carbocycles. The van der Waals surface area contributed by atoms with Crippen molar-refractivity contribution in [1.29, 1.82) is 0 Å². The Kier molecular flexibility index (Phi) is 4.73. The number of nitrogens with two attached hydrogens (primary N) is 1. The average Bonchev–Trinajstić information content (AvgIpc) is 2.27. The second-order valence-electron chi connectivity index (χ2n) is 6.18. The Bertz CT molecular complexity index is 323. The van der Waals surface area contributed by atoms with Crippen LogP contribution in [0.25, 0.3) is 0 Å². The van der Waals surface area contributed by atoms with Crippen molar-refractivity contribution in [3.05, 3.63) is 0 Å². The van der Waals surface area contributed by atoms with Crippen molar-refractivity contribution in [2.45, 2.75) is 40.2 Å². The third-order valence-electron chi connectivity index (χ3n) is 3.85. The smallest absolute Gasteiger partial charge is 0.241 e. The first-order chi connectivity index (χ1) is 8.23. The summed E-state index contributed by atoms with van der Waals surface area (Å²) in [4.78, 5) is 25.2. The molecule has 18 heavy (non-hydrogen) atoms. The molecule has 1 rings (SSSR count). The van der Waals surface area contributed by atoms with Crippen molar-refractivity contribution in [2.75, 3.05) is 19.6 Å². The van der Waals surface area contributed by atoms with Gasteiger partial charge in [0, 0.05) is 26.1 Å². The van der Waals surface area contributed by atoms with Crippen molar-refractivity contribution in [1.82, 2.24) is 10.2 Å². The molecule has 1 aliphatic heterocycles. The molecule has 0 bridgehead atoms. The van der Waals surface area contributed by atoms with Crippen LogP contribution in [0.4, 0.5) is 0 Å². The fourth-order valence-corrected chi connectivity index (χ4v) is 1.94. The second kappa shape index (κ2) is 5.69. The molecule has 0 aromatic rings. The molecule has 104 valence electrons. The van der Waals surface area contributed by atoms with E-state index in [9.17, 15) is 9.59 Å². The van der Waals surface area contributed by atoms with Crippen LogP contribution in [0.1, 0.15) is 34.1 Å². The van der Waals surface area contributed by atoms with Gasteiger partial charge in [-0.25, -0.2) is 0 Å². The van der Waals surface area contributed by atoms with Crippen LogP contribution in [-0.2, 0) is 9.59 Å². The van der Waals surface area contributed by atoms with Gasteiger partial charge in [-0.3, -0.25) is 9.59 Å². The standard InChI is InChI=1S/C13H25N3O2/c1-9(13(2,3)4)7-11(17)16-6-5-15-8-10(16)12(14)18/h9-10,15H,5-8H2,1-4H3,(H2,14,18). The normalized spacial score (nSPS) is 22.7. The van der Waals surface area contributed by atoms with Crippen molar-refractivity contribution < 1.29 is 9.59 Å². The van der Waals surface area contributed by atoms with Crippen LogP contribution in [-0.4, -0.2) is 42.4 Å². The molecule has 2 atom stereocenters. The van der Waals surface area contributed by atoms with Gasteiger partial charge in [-0.15, -0.1) is 0 Å². The predicted octanol–water partition coefficient (Wildman–Crippen LogP) is 0.344. The second-order valence-corrected chi connectivity index (χ2v) is 6.18. The molecule has 0 radical (unpaired) electrons. The summed E-state index contributed by atoms with van der Waals surface area (Å²) < 4.78 is 0. The van der Waals surface area contributed by atoms with E-state index in [2.05, 4.69) is 33.0 Å². The molecular formula is C13H25N3O2. The maximum atomic E-state index is 12.3. The number of carbonyl (C=O) groups is 2. The van der Waals surface area contributed by atoms with Crippen molar-refractivity contribution in [3.8, 4) is 0 Å². The first-order valence-corrected chi connectivity index (χ1v) is 6.53. The molecule has 0 aliphatic carbocycles. The first-order valence-electron chi connectivity index (χ1n) is 6.53. The molecule has 0 spiro atoms. The SMILES string of the molecule is CC(CC(=O)N1CCNCC1C(N)=O)C(C)(C)C. The number of carbonyl (C=O) groups excluding carboxylic acids is 2. The van der Waals surface area contributed by atoms with Crippen LogP contribution in [0.15, 0.2) is 0 Å². The van der Waals surface area contributed by atoms with E-state index in [-0.39, 0.29) is 17.2 Å². The summed E-state index contributed by atoms with van der Waals surface area (Å²) in [5.74, 6) is -0.130. The van der Waals surface area contributed by atoms with E-state index >= 15 is 0 Å². The minimum Gasteiger partial charge on any atom is -0.368 e. The Morgan fingerprint density at radius 2 is 2.06 bits per heavy atom. The highest BCUT2D eigenvalue weighted by atomic mass is 16.2. The highest BCUT2D eigenvalue weighted by molar-refractivity contribution is 5.87. The number of rotatable bonds is 3. The first kappa shape index (κ1) is 15.0. The molecule has 2 unspecified atom stereocenters. The number of hydrogen-bond donors (Lipinski definition) is 2. The quantitative estimate of drug-likeness (QED) is 0.764. The van der Waals surface area contributed by atoms with Gasteiger partial charge >= 0.3 is 0 Å². The zero-order valence-electron chi connectivity index (χ0n) is 11.8. The van der Waals surface area contributed by atoms with Gasteiger partial charge in [0.05, 0.1) is 0 Å². The van der Waals surface area contributed by atoms with Crippen LogP contribution in [0.3, 0.4) is 0 Å². The van der Waals surface area contributed by atoms with Gasteiger partial charge in [0.1, 0.15) is 6.04 Å². The number of nitrogens with zero attached hydrogens (tertiary/aromatic N) is 1. The van der Waals surface area contributed by atoms with E-state index in [0.717, 1.165) is 6.54 Å². The lowest BCUT2D eigenvalue weighted by Gasteiger charge is -2.36. The molecular weight excluding hydrogens is 230 g/mol. The summed E-state index contributed by atoms with van der Waals surface area (Å²) in [5.41, 5.74) is 5.43. The van der Waals surface area contributed by atoms with E-state index in [1.54, 1.807) is 4.90 Å². The van der Waals surface area contributed by atoms with Gasteiger partial charge < -0.3 is 16.0 Å². The Hall–Kier alpha value is -1.10. The molecule has 1 fully saturated rings. The molecule has 3 N–H and O–H groups in total. The lowest BCUT2D eigenvalue weighted by molar-refractivity contribution is -0.141. The molecule has 0 aromatic heterocycles. The highest BCUT2D eigenvalue weighted by Gasteiger charge is 2.32. The molecule has 1 heterocycles. The Balaban J connectivity index is 2.67. The molecule has 1 saturated heterocycles. The topological polar surface area (TPSA) is 75.4 Å². The minimum absolute atomic E-state index is 0.0303. The van der Waals surface area contributed by atoms with E-state index in [0.29, 0.717) is 19.5 Å². The minimum atomic E-state index is -0.501. The third kappa shape index (κ3) is 3.70. The van der Waals surface area contributed by atoms with Gasteiger partial charge in [-0.2, -0.15) is 0 Å². The van der Waals surface area contributed by atoms with E-state index in [1.165, 1.54) is 0 Å². The Morgan fingerprint density at radius 1 is 1.44 bits per heavy atom. The number of hydrogen-bond acceptors (Lipinski definition) is 3. The van der Waals surface area contributed by atoms with Crippen LogP contribution < -0.4 is 11.1 Å². The molecule has 5 heteroatoms. The maximum Gasteiger partial charge on any atom is 0.241 e. The fraction of sp³-hybridized carbons (Fsp3) is 0.846. The number of nitrogens with one attached hydrogen (secondary N) is 1. The fourth-order valence-electron chi connectivity index (χ4n) is 1.94. The van der Waals surface area contributed by atoms with Gasteiger partial charge in [0.25, 0.3) is 0 Å². The zero-order valence-corrected chi connectivity index (χ0v) is 11.8. The average molecular weight is 255 g/mol. The van der Waals surface area contributed by atoms with E-state index in [1.807, 2.05) is 0 Å². The van der Waals surface area contributed by atoms with Gasteiger partial charge in [0.2, 0.25) is 11.8 Å². The summed E-state index contributed by atoms with van der Waals surface area (Å²) in [6.45, 7) is 10.2. The van der Waals surface area contributed by atoms with Crippen molar-refractivity contribution >= 4 is 11.8 Å². The Morgan fingerprint density at radius 3 is 2.56 bits per heavy atom. The lowest BCUT2D eigenvalue weighted by Crippen LogP contribution is -2.59. The third-order valence-corrected chi connectivity index (χ3v) is 3.85. The van der Waals surface area contributed by atoms with Crippen LogP contribution in [0, 0.1) is 11.3 Å². The summed E-state index contributed by atoms with van der Waals surface area (Å²) in [6.07, 6.45) is 0.466. The van der Waals surface area contributed by atoms with Gasteiger partial charge in [-0.1, -0.05) is 27.7 Å². The largest absolute Gasteiger partial charge is 0.368 e. The van der Waals surface area contributed by atoms with Crippen molar-refractivity contribution in [3.63, 3.8) is 0 Å². The number of piperazine rings is 1. The molecule has 2 amide bonds. The summed E-state index contributed by atoms with van der Waals surface area (Å²) in [6, 6.07) is -0.501. The maximum absolute atomic E-state index is 12.3. The van der Waals surface area contributed by atoms with Gasteiger partial charge in [-0.05, 0) is 11.3 Å². The summed E-state index contributed by atoms with van der Waals surface area (Å²) in [5, 5.41) is 3.09.